The molecule has 202 valence electrons. The van der Waals surface area contributed by atoms with Crippen molar-refractivity contribution in [2.45, 2.75) is 19.0 Å². The molecular formula is C27H25F3N6O3. The molecule has 3 N–H and O–H groups in total. The van der Waals surface area contributed by atoms with E-state index in [1.165, 1.54) is 16.9 Å². The van der Waals surface area contributed by atoms with E-state index in [4.69, 9.17) is 15.2 Å². The number of carbonyl (C=O) groups is 1. The number of carbonyl (C=O) groups excluding carboxylic acids is 1. The molecule has 2 fully saturated rings. The van der Waals surface area contributed by atoms with E-state index < -0.39 is 17.6 Å². The second kappa shape index (κ2) is 9.53. The van der Waals surface area contributed by atoms with Crippen molar-refractivity contribution in [3.63, 3.8) is 0 Å². The van der Waals surface area contributed by atoms with Crippen molar-refractivity contribution in [2.75, 3.05) is 32.1 Å². The number of benzene rings is 1. The van der Waals surface area contributed by atoms with Gasteiger partial charge in [-0.1, -0.05) is 0 Å². The van der Waals surface area contributed by atoms with Crippen molar-refractivity contribution in [3.8, 4) is 28.3 Å². The summed E-state index contributed by atoms with van der Waals surface area (Å²) in [7, 11) is 0. The van der Waals surface area contributed by atoms with Crippen LogP contribution in [-0.2, 0) is 15.7 Å². The Morgan fingerprint density at radius 3 is 2.54 bits per heavy atom. The second-order valence-electron chi connectivity index (χ2n) is 10.1. The minimum atomic E-state index is -4.63. The molecule has 1 aliphatic carbocycles. The lowest BCUT2D eigenvalue weighted by Gasteiger charge is -2.41. The highest BCUT2D eigenvalue weighted by atomic mass is 19.4. The van der Waals surface area contributed by atoms with Gasteiger partial charge in [0, 0.05) is 29.8 Å². The van der Waals surface area contributed by atoms with E-state index in [1.54, 1.807) is 12.1 Å². The Morgan fingerprint density at radius 2 is 1.87 bits per heavy atom. The Labute approximate surface area is 221 Å². The van der Waals surface area contributed by atoms with Gasteiger partial charge in [-0.15, -0.1) is 0 Å². The van der Waals surface area contributed by atoms with Gasteiger partial charge in [0.05, 0.1) is 48.4 Å². The fourth-order valence-corrected chi connectivity index (χ4v) is 4.42. The molecule has 0 radical (unpaired) electrons. The maximum Gasteiger partial charge on any atom is 0.419 e. The van der Waals surface area contributed by atoms with E-state index >= 15 is 0 Å². The summed E-state index contributed by atoms with van der Waals surface area (Å²) in [6, 6.07) is 11.8. The lowest BCUT2D eigenvalue weighted by atomic mass is 9.87. The zero-order chi connectivity index (χ0) is 27.2. The molecule has 0 unspecified atom stereocenters. The lowest BCUT2D eigenvalue weighted by Crippen LogP contribution is -2.54. The van der Waals surface area contributed by atoms with Crippen LogP contribution in [0.4, 0.5) is 19.0 Å². The first-order valence-corrected chi connectivity index (χ1v) is 12.5. The molecule has 4 aromatic rings. The number of hydrogen-bond acceptors (Lipinski definition) is 7. The number of ether oxygens (including phenoxy) is 2. The summed E-state index contributed by atoms with van der Waals surface area (Å²) >= 11 is 0. The van der Waals surface area contributed by atoms with E-state index in [1.807, 2.05) is 24.3 Å². The molecule has 12 heteroatoms. The second-order valence-corrected chi connectivity index (χ2v) is 10.1. The number of nitrogen functional groups attached to an aromatic ring is 1. The number of rotatable bonds is 8. The Balaban J connectivity index is 1.18. The highest BCUT2D eigenvalue weighted by Gasteiger charge is 2.41. The van der Waals surface area contributed by atoms with Crippen molar-refractivity contribution < 1.29 is 27.4 Å². The predicted molar refractivity (Wildman–Crippen MR) is 136 cm³/mol. The zero-order valence-corrected chi connectivity index (χ0v) is 20.7. The third-order valence-electron chi connectivity index (χ3n) is 6.98. The average molecular weight is 539 g/mol. The summed E-state index contributed by atoms with van der Waals surface area (Å²) in [6.45, 7) is 1.99. The quantitative estimate of drug-likeness (QED) is 0.349. The summed E-state index contributed by atoms with van der Waals surface area (Å²) in [5, 5.41) is 7.63. The van der Waals surface area contributed by atoms with Gasteiger partial charge in [-0.3, -0.25) is 4.79 Å². The molecule has 4 heterocycles. The zero-order valence-electron chi connectivity index (χ0n) is 20.7. The van der Waals surface area contributed by atoms with E-state index in [0.717, 1.165) is 24.5 Å². The van der Waals surface area contributed by atoms with Gasteiger partial charge in [0.2, 0.25) is 5.91 Å². The number of halogens is 3. The highest BCUT2D eigenvalue weighted by Crippen LogP contribution is 2.35. The molecule has 0 atom stereocenters. The molecule has 1 aromatic carbocycles. The standard InChI is InChI=1S/C27H25F3N6O3/c28-27(29,30)20-9-18(10-33-24(20)31)22-11-32-23-8-7-21(35-36(22)23)16-3-5-19(6-4-16)39-15-26(13-38-14-26)12-34-25(37)17-1-2-17/h3-11,17H,1-2,12-15H2,(H2,31,33)(H,34,37). The molecule has 0 bridgehead atoms. The number of amides is 1. The molecular weight excluding hydrogens is 513 g/mol. The van der Waals surface area contributed by atoms with Gasteiger partial charge in [-0.25, -0.2) is 14.5 Å². The molecule has 3 aromatic heterocycles. The van der Waals surface area contributed by atoms with Crippen LogP contribution in [0.3, 0.4) is 0 Å². The van der Waals surface area contributed by atoms with Crippen LogP contribution in [0.1, 0.15) is 18.4 Å². The molecule has 1 amide bonds. The van der Waals surface area contributed by atoms with Gasteiger partial charge in [0.25, 0.3) is 0 Å². The van der Waals surface area contributed by atoms with Gasteiger partial charge < -0.3 is 20.5 Å². The number of nitrogens with zero attached hydrogens (tertiary/aromatic N) is 4. The van der Waals surface area contributed by atoms with Gasteiger partial charge in [-0.05, 0) is 55.3 Å². The maximum atomic E-state index is 13.4. The Kier molecular flexibility index (Phi) is 6.13. The minimum absolute atomic E-state index is 0.101. The number of anilines is 1. The van der Waals surface area contributed by atoms with Gasteiger partial charge in [0.15, 0.2) is 5.65 Å². The molecule has 9 nitrogen and oxygen atoms in total. The molecule has 1 aliphatic heterocycles. The summed E-state index contributed by atoms with van der Waals surface area (Å²) in [5.74, 6) is 0.332. The molecule has 1 saturated carbocycles. The topological polar surface area (TPSA) is 117 Å². The number of fused-ring (bicyclic) bond motifs is 1. The van der Waals surface area contributed by atoms with Crippen molar-refractivity contribution >= 4 is 17.4 Å². The van der Waals surface area contributed by atoms with Crippen LogP contribution in [0.15, 0.2) is 54.9 Å². The van der Waals surface area contributed by atoms with Crippen molar-refractivity contribution in [1.82, 2.24) is 24.9 Å². The first-order valence-electron chi connectivity index (χ1n) is 12.5. The number of pyridine rings is 1. The molecule has 6 rings (SSSR count). The van der Waals surface area contributed by atoms with Crippen molar-refractivity contribution in [1.29, 1.82) is 0 Å². The minimum Gasteiger partial charge on any atom is -0.493 e. The van der Waals surface area contributed by atoms with Gasteiger partial charge in [-0.2, -0.15) is 18.3 Å². The van der Waals surface area contributed by atoms with Crippen LogP contribution >= 0.6 is 0 Å². The third-order valence-corrected chi connectivity index (χ3v) is 6.98. The number of alkyl halides is 3. The fourth-order valence-electron chi connectivity index (χ4n) is 4.42. The maximum absolute atomic E-state index is 13.4. The monoisotopic (exact) mass is 538 g/mol. The number of hydrogen-bond donors (Lipinski definition) is 2. The Bertz CT molecular complexity index is 1530. The number of imidazole rings is 1. The van der Waals surface area contributed by atoms with Crippen LogP contribution in [0.5, 0.6) is 5.75 Å². The molecule has 2 aliphatic rings. The van der Waals surface area contributed by atoms with Crippen LogP contribution in [0.2, 0.25) is 0 Å². The SMILES string of the molecule is Nc1ncc(-c2cnc3ccc(-c4ccc(OCC5(CNC(=O)C6CC6)COC5)cc4)nn23)cc1C(F)(F)F. The van der Waals surface area contributed by atoms with E-state index in [2.05, 4.69) is 20.4 Å². The molecule has 1 saturated heterocycles. The lowest BCUT2D eigenvalue weighted by molar-refractivity contribution is -0.138. The van der Waals surface area contributed by atoms with Crippen LogP contribution in [0, 0.1) is 11.3 Å². The van der Waals surface area contributed by atoms with Crippen LogP contribution in [-0.4, -0.2) is 51.9 Å². The fraction of sp³-hybridized carbons (Fsp3) is 0.333. The van der Waals surface area contributed by atoms with E-state index in [0.29, 0.717) is 49.1 Å². The molecule has 39 heavy (non-hydrogen) atoms. The summed E-state index contributed by atoms with van der Waals surface area (Å²) in [4.78, 5) is 20.0. The molecule has 0 spiro atoms. The number of nitrogens with two attached hydrogens (primary N) is 1. The van der Waals surface area contributed by atoms with Crippen LogP contribution in [0.25, 0.3) is 28.2 Å². The first-order chi connectivity index (χ1) is 18.7. The Morgan fingerprint density at radius 1 is 1.10 bits per heavy atom. The number of aromatic nitrogens is 4. The van der Waals surface area contributed by atoms with E-state index in [-0.39, 0.29) is 22.8 Å². The third kappa shape index (κ3) is 5.11. The number of nitrogens with one attached hydrogen (secondary N) is 1. The predicted octanol–water partition coefficient (Wildman–Crippen LogP) is 3.98. The van der Waals surface area contributed by atoms with Crippen molar-refractivity contribution in [2.24, 2.45) is 11.3 Å². The smallest absolute Gasteiger partial charge is 0.419 e. The average Bonchev–Trinajstić information content (AvgIpc) is 3.67. The van der Waals surface area contributed by atoms with Gasteiger partial charge in [0.1, 0.15) is 11.6 Å². The summed E-state index contributed by atoms with van der Waals surface area (Å²) < 4.78 is 53.0. The normalized spacial score (nSPS) is 16.6. The Hall–Kier alpha value is -4.19. The summed E-state index contributed by atoms with van der Waals surface area (Å²) in [5.41, 5.74) is 6.60. The van der Waals surface area contributed by atoms with Crippen LogP contribution < -0.4 is 15.8 Å². The largest absolute Gasteiger partial charge is 0.493 e. The highest BCUT2D eigenvalue weighted by molar-refractivity contribution is 5.80. The first kappa shape index (κ1) is 25.1. The summed E-state index contributed by atoms with van der Waals surface area (Å²) in [6.07, 6.45) is 0.000541. The van der Waals surface area contributed by atoms with Gasteiger partial charge >= 0.3 is 6.18 Å². The van der Waals surface area contributed by atoms with Crippen molar-refractivity contribution in [3.05, 3.63) is 60.4 Å². The van der Waals surface area contributed by atoms with E-state index in [9.17, 15) is 18.0 Å².